The Bertz CT molecular complexity index is 2630. The van der Waals surface area contributed by atoms with Crippen LogP contribution in [0.15, 0.2) is 176 Å². The minimum Gasteiger partial charge on any atom is -0.309 e. The first-order valence-corrected chi connectivity index (χ1v) is 16.5. The molecule has 0 saturated carbocycles. The summed E-state index contributed by atoms with van der Waals surface area (Å²) in [5.74, 6) is 0. The first-order valence-electron chi connectivity index (χ1n) is 16.5. The molecule has 1 radical (unpaired) electrons. The molecule has 0 N–H and O–H groups in total. The van der Waals surface area contributed by atoms with Gasteiger partial charge in [0.05, 0.1) is 22.1 Å². The van der Waals surface area contributed by atoms with Gasteiger partial charge in [0, 0.05) is 37.1 Å². The molecule has 3 heterocycles. The molecule has 0 aliphatic carbocycles. The first-order chi connectivity index (χ1) is 23.8. The van der Waals surface area contributed by atoms with Crippen LogP contribution in [0, 0.1) is 6.07 Å². The smallest absolute Gasteiger partial charge is 0.0742 e. The fourth-order valence-electron chi connectivity index (χ4n) is 8.21. The van der Waals surface area contributed by atoms with Crippen LogP contribution < -0.4 is 0 Å². The second-order valence-electron chi connectivity index (χ2n) is 12.6. The molecular formula is C46H29IrN2-. The number of para-hydroxylation sites is 2. The van der Waals surface area contributed by atoms with Gasteiger partial charge < -0.3 is 9.55 Å². The van der Waals surface area contributed by atoms with Crippen LogP contribution in [0.2, 0.25) is 0 Å². The van der Waals surface area contributed by atoms with Gasteiger partial charge in [-0.3, -0.25) is 0 Å². The Labute approximate surface area is 298 Å². The van der Waals surface area contributed by atoms with E-state index in [2.05, 4.69) is 174 Å². The van der Waals surface area contributed by atoms with Crippen molar-refractivity contribution in [3.63, 3.8) is 0 Å². The van der Waals surface area contributed by atoms with Gasteiger partial charge in [-0.15, -0.1) is 35.4 Å². The Morgan fingerprint density at radius 2 is 1.20 bits per heavy atom. The van der Waals surface area contributed by atoms with Crippen molar-refractivity contribution in [2.45, 2.75) is 5.41 Å². The van der Waals surface area contributed by atoms with Crippen LogP contribution in [0.4, 0.5) is 0 Å². The molecular weight excluding hydrogens is 773 g/mol. The van der Waals surface area contributed by atoms with Gasteiger partial charge in [-0.2, -0.15) is 0 Å². The Kier molecular flexibility index (Phi) is 6.95. The van der Waals surface area contributed by atoms with E-state index < -0.39 is 5.41 Å². The monoisotopic (exact) mass is 802 g/mol. The number of aromatic nitrogens is 2. The summed E-state index contributed by atoms with van der Waals surface area (Å²) in [7, 11) is 0. The van der Waals surface area contributed by atoms with Crippen LogP contribution in [-0.2, 0) is 25.5 Å². The van der Waals surface area contributed by atoms with Crippen molar-refractivity contribution in [1.29, 1.82) is 0 Å². The fraction of sp³-hybridized carbons (Fsp3) is 0.0217. The molecule has 0 saturated heterocycles. The maximum absolute atomic E-state index is 4.84. The molecule has 10 rings (SSSR count). The molecule has 0 bridgehead atoms. The van der Waals surface area contributed by atoms with Crippen LogP contribution in [0.5, 0.6) is 0 Å². The third-order valence-electron chi connectivity index (χ3n) is 10.2. The largest absolute Gasteiger partial charge is 0.309 e. The van der Waals surface area contributed by atoms with Gasteiger partial charge in [0.1, 0.15) is 0 Å². The van der Waals surface area contributed by atoms with Gasteiger partial charge in [0.15, 0.2) is 0 Å². The predicted octanol–water partition coefficient (Wildman–Crippen LogP) is 11.2. The van der Waals surface area contributed by atoms with Crippen LogP contribution in [0.3, 0.4) is 0 Å². The predicted molar refractivity (Wildman–Crippen MR) is 198 cm³/mol. The molecule has 0 spiro atoms. The Balaban J connectivity index is 0.00000325. The van der Waals surface area contributed by atoms with Crippen molar-refractivity contribution in [3.8, 4) is 28.1 Å². The Morgan fingerprint density at radius 1 is 0.531 bits per heavy atom. The van der Waals surface area contributed by atoms with E-state index in [1.54, 1.807) is 0 Å². The molecule has 7 aromatic carbocycles. The van der Waals surface area contributed by atoms with Crippen molar-refractivity contribution in [3.05, 3.63) is 204 Å². The van der Waals surface area contributed by atoms with Crippen molar-refractivity contribution >= 4 is 32.6 Å². The average molecular weight is 802 g/mol. The molecule has 0 fully saturated rings. The summed E-state index contributed by atoms with van der Waals surface area (Å²) in [4.78, 5) is 4.84. The number of pyridine rings is 1. The molecule has 2 nitrogen and oxygen atoms in total. The van der Waals surface area contributed by atoms with E-state index in [9.17, 15) is 0 Å². The standard InChI is InChI=1S/C46H29N2.Ir/c1-3-17-35(18-4-1)46(36-19-5-2-6-20-36)40-23-10-12-25-43(40)48-42-24-11-9-22-38(42)39-29-34(30-41(46)45(39)48)32-15-13-16-33(28-32)44-37-21-8-7-14-31(37)26-27-47-44;/h1-15,17-30H;/q-1;. The summed E-state index contributed by atoms with van der Waals surface area (Å²) in [5, 5.41) is 4.81. The van der Waals surface area contributed by atoms with E-state index in [1.165, 1.54) is 60.7 Å². The van der Waals surface area contributed by atoms with E-state index in [0.29, 0.717) is 0 Å². The molecule has 2 aromatic heterocycles. The van der Waals surface area contributed by atoms with E-state index in [0.717, 1.165) is 22.2 Å². The average Bonchev–Trinajstić information content (AvgIpc) is 3.50. The zero-order valence-corrected chi connectivity index (χ0v) is 28.9. The summed E-state index contributed by atoms with van der Waals surface area (Å²) in [6.45, 7) is 0. The second kappa shape index (κ2) is 11.5. The van der Waals surface area contributed by atoms with Crippen molar-refractivity contribution in [2.75, 3.05) is 0 Å². The van der Waals surface area contributed by atoms with Crippen LogP contribution in [0.1, 0.15) is 22.3 Å². The summed E-state index contributed by atoms with van der Waals surface area (Å²) in [5.41, 5.74) is 12.5. The summed E-state index contributed by atoms with van der Waals surface area (Å²) >= 11 is 0. The summed E-state index contributed by atoms with van der Waals surface area (Å²) in [6.07, 6.45) is 1.90. The van der Waals surface area contributed by atoms with E-state index >= 15 is 0 Å². The van der Waals surface area contributed by atoms with E-state index in [1.807, 2.05) is 12.3 Å². The van der Waals surface area contributed by atoms with Gasteiger partial charge in [-0.25, -0.2) is 0 Å². The molecule has 1 aliphatic rings. The molecule has 1 aliphatic heterocycles. The minimum absolute atomic E-state index is 0. The maximum atomic E-state index is 4.84. The van der Waals surface area contributed by atoms with E-state index in [-0.39, 0.29) is 20.1 Å². The van der Waals surface area contributed by atoms with Crippen LogP contribution in [-0.4, -0.2) is 9.55 Å². The first kappa shape index (κ1) is 29.5. The molecule has 0 atom stereocenters. The summed E-state index contributed by atoms with van der Waals surface area (Å²) in [6, 6.07) is 65.3. The maximum Gasteiger partial charge on any atom is 0.0742 e. The van der Waals surface area contributed by atoms with Crippen LogP contribution in [0.25, 0.3) is 60.6 Å². The molecule has 3 heteroatoms. The number of hydrogen-bond acceptors (Lipinski definition) is 1. The summed E-state index contributed by atoms with van der Waals surface area (Å²) < 4.78 is 2.49. The number of benzene rings is 7. The van der Waals surface area contributed by atoms with Gasteiger partial charge >= 0.3 is 0 Å². The van der Waals surface area contributed by atoms with Gasteiger partial charge in [-0.05, 0) is 74.6 Å². The van der Waals surface area contributed by atoms with Crippen molar-refractivity contribution < 1.29 is 20.1 Å². The van der Waals surface area contributed by atoms with Crippen LogP contribution >= 0.6 is 0 Å². The Hall–Kier alpha value is -5.60. The topological polar surface area (TPSA) is 17.8 Å². The third-order valence-corrected chi connectivity index (χ3v) is 10.2. The van der Waals surface area contributed by atoms with Crippen molar-refractivity contribution in [2.24, 2.45) is 0 Å². The van der Waals surface area contributed by atoms with Gasteiger partial charge in [0.25, 0.3) is 0 Å². The number of rotatable bonds is 4. The van der Waals surface area contributed by atoms with E-state index in [4.69, 9.17) is 4.98 Å². The number of hydrogen-bond donors (Lipinski definition) is 0. The van der Waals surface area contributed by atoms with Gasteiger partial charge in [-0.1, -0.05) is 121 Å². The zero-order chi connectivity index (χ0) is 31.7. The molecule has 9 aromatic rings. The number of fused-ring (bicyclic) bond motifs is 6. The molecule has 0 amide bonds. The molecule has 0 unspecified atom stereocenters. The number of nitrogens with zero attached hydrogens (tertiary/aromatic N) is 2. The second-order valence-corrected chi connectivity index (χ2v) is 12.6. The Morgan fingerprint density at radius 3 is 2.00 bits per heavy atom. The fourth-order valence-corrected chi connectivity index (χ4v) is 8.21. The minimum atomic E-state index is -0.543. The zero-order valence-electron chi connectivity index (χ0n) is 26.5. The SMILES string of the molecule is [Ir].[c-]1ccc(-c2cc3c4c(c2)c2ccccc2n4-c2ccccc2C3(c2ccccc2)c2ccccc2)cc1-c1nccc2ccccc12. The molecule has 233 valence electrons. The quantitative estimate of drug-likeness (QED) is 0.162. The molecule has 49 heavy (non-hydrogen) atoms. The third kappa shape index (κ3) is 4.26. The van der Waals surface area contributed by atoms with Gasteiger partial charge in [0.2, 0.25) is 0 Å². The van der Waals surface area contributed by atoms with Crippen molar-refractivity contribution in [1.82, 2.24) is 9.55 Å². The normalized spacial score (nSPS) is 12.9.